The first kappa shape index (κ1) is 21.7. The number of halogens is 3. The van der Waals surface area contributed by atoms with Crippen molar-refractivity contribution in [1.82, 2.24) is 0 Å². The number of ether oxygens (including phenoxy) is 2. The highest BCUT2D eigenvalue weighted by molar-refractivity contribution is 6.32. The summed E-state index contributed by atoms with van der Waals surface area (Å²) in [6, 6.07) is 18.8. The Morgan fingerprint density at radius 1 is 1.07 bits per heavy atom. The number of benzene rings is 3. The zero-order valence-electron chi connectivity index (χ0n) is 16.2. The lowest BCUT2D eigenvalue weighted by atomic mass is 10.0. The van der Waals surface area contributed by atoms with Crippen molar-refractivity contribution in [3.8, 4) is 17.6 Å². The van der Waals surface area contributed by atoms with Crippen molar-refractivity contribution in [3.05, 3.63) is 93.2 Å². The van der Waals surface area contributed by atoms with Gasteiger partial charge in [-0.1, -0.05) is 53.5 Å². The minimum absolute atomic E-state index is 0.182. The van der Waals surface area contributed by atoms with Gasteiger partial charge in [-0.15, -0.1) is 0 Å². The smallest absolute Gasteiger partial charge is 0.180 e. The van der Waals surface area contributed by atoms with Gasteiger partial charge in [0, 0.05) is 10.6 Å². The van der Waals surface area contributed by atoms with Gasteiger partial charge in [-0.05, 0) is 54.5 Å². The van der Waals surface area contributed by atoms with Crippen LogP contribution in [0, 0.1) is 17.1 Å². The standard InChI is InChI=1S/C24H18Cl2FNO2/c1-2-29-23-13-17(11-18(14-28)20-5-3-4-6-22(20)27)12-21(26)24(23)30-15-16-7-9-19(25)10-8-16/h3-13H,2,15H2,1H3. The van der Waals surface area contributed by atoms with E-state index in [1.807, 2.05) is 25.1 Å². The minimum Gasteiger partial charge on any atom is -0.490 e. The van der Waals surface area contributed by atoms with E-state index in [9.17, 15) is 9.65 Å². The van der Waals surface area contributed by atoms with Crippen LogP contribution in [-0.4, -0.2) is 6.61 Å². The largest absolute Gasteiger partial charge is 0.490 e. The molecule has 0 fully saturated rings. The van der Waals surface area contributed by atoms with E-state index < -0.39 is 5.82 Å². The minimum atomic E-state index is -0.468. The highest BCUT2D eigenvalue weighted by atomic mass is 35.5. The van der Waals surface area contributed by atoms with Crippen LogP contribution in [0.4, 0.5) is 4.39 Å². The number of hydrogen-bond acceptors (Lipinski definition) is 3. The van der Waals surface area contributed by atoms with E-state index in [1.54, 1.807) is 48.5 Å². The van der Waals surface area contributed by atoms with Crippen molar-refractivity contribution in [2.45, 2.75) is 13.5 Å². The van der Waals surface area contributed by atoms with Crippen LogP contribution >= 0.6 is 23.2 Å². The molecule has 3 aromatic rings. The number of rotatable bonds is 7. The fraction of sp³-hybridized carbons (Fsp3) is 0.125. The molecule has 0 aliphatic heterocycles. The fourth-order valence-electron chi connectivity index (χ4n) is 2.83. The monoisotopic (exact) mass is 441 g/mol. The van der Waals surface area contributed by atoms with Gasteiger partial charge < -0.3 is 9.47 Å². The quantitative estimate of drug-likeness (QED) is 0.288. The molecule has 152 valence electrons. The molecule has 0 aromatic heterocycles. The molecule has 0 unspecified atom stereocenters. The van der Waals surface area contributed by atoms with Crippen molar-refractivity contribution < 1.29 is 13.9 Å². The molecule has 30 heavy (non-hydrogen) atoms. The Morgan fingerprint density at radius 2 is 1.80 bits per heavy atom. The molecule has 0 aliphatic carbocycles. The Morgan fingerprint density at radius 3 is 2.47 bits per heavy atom. The second kappa shape index (κ2) is 10.2. The van der Waals surface area contributed by atoms with Crippen molar-refractivity contribution in [3.63, 3.8) is 0 Å². The van der Waals surface area contributed by atoms with Crippen LogP contribution < -0.4 is 9.47 Å². The van der Waals surface area contributed by atoms with E-state index in [4.69, 9.17) is 32.7 Å². The van der Waals surface area contributed by atoms with E-state index in [-0.39, 0.29) is 17.7 Å². The fourth-order valence-corrected chi connectivity index (χ4v) is 3.23. The lowest BCUT2D eigenvalue weighted by molar-refractivity contribution is 0.269. The number of allylic oxidation sites excluding steroid dienone is 1. The van der Waals surface area contributed by atoms with E-state index in [1.165, 1.54) is 6.07 Å². The summed E-state index contributed by atoms with van der Waals surface area (Å²) in [5.41, 5.74) is 1.92. The summed E-state index contributed by atoms with van der Waals surface area (Å²) in [7, 11) is 0. The van der Waals surface area contributed by atoms with Gasteiger partial charge in [0.15, 0.2) is 11.5 Å². The topological polar surface area (TPSA) is 42.2 Å². The number of hydrogen-bond donors (Lipinski definition) is 0. The van der Waals surface area contributed by atoms with Gasteiger partial charge in [0.1, 0.15) is 12.4 Å². The van der Waals surface area contributed by atoms with Crippen molar-refractivity contribution in [2.24, 2.45) is 0 Å². The van der Waals surface area contributed by atoms with Gasteiger partial charge in [0.2, 0.25) is 0 Å². The molecule has 0 radical (unpaired) electrons. The lowest BCUT2D eigenvalue weighted by Crippen LogP contribution is -2.01. The normalized spacial score (nSPS) is 11.1. The molecule has 3 aromatic carbocycles. The molecular formula is C24H18Cl2FNO2. The first-order valence-corrected chi connectivity index (χ1v) is 9.97. The highest BCUT2D eigenvalue weighted by Crippen LogP contribution is 2.38. The maximum atomic E-state index is 14.1. The molecule has 3 rings (SSSR count). The third-order valence-electron chi connectivity index (χ3n) is 4.22. The lowest BCUT2D eigenvalue weighted by Gasteiger charge is -2.15. The zero-order valence-corrected chi connectivity index (χ0v) is 17.7. The number of nitrogens with zero attached hydrogens (tertiary/aromatic N) is 1. The van der Waals surface area contributed by atoms with Gasteiger partial charge in [-0.3, -0.25) is 0 Å². The molecule has 0 saturated heterocycles. The van der Waals surface area contributed by atoms with Crippen LogP contribution in [0.5, 0.6) is 11.5 Å². The van der Waals surface area contributed by atoms with Gasteiger partial charge in [-0.2, -0.15) is 5.26 Å². The van der Waals surface area contributed by atoms with Crippen LogP contribution in [0.15, 0.2) is 60.7 Å². The predicted molar refractivity (Wildman–Crippen MR) is 118 cm³/mol. The summed E-state index contributed by atoms with van der Waals surface area (Å²) in [5, 5.41) is 10.5. The first-order chi connectivity index (χ1) is 14.5. The molecule has 0 bridgehead atoms. The Labute approximate surface area is 184 Å². The van der Waals surface area contributed by atoms with Gasteiger partial charge in [-0.25, -0.2) is 4.39 Å². The molecule has 3 nitrogen and oxygen atoms in total. The third-order valence-corrected chi connectivity index (χ3v) is 4.76. The summed E-state index contributed by atoms with van der Waals surface area (Å²) in [4.78, 5) is 0. The summed E-state index contributed by atoms with van der Waals surface area (Å²) in [5.74, 6) is 0.371. The van der Waals surface area contributed by atoms with Crippen molar-refractivity contribution in [2.75, 3.05) is 6.61 Å². The molecule has 6 heteroatoms. The average molecular weight is 442 g/mol. The van der Waals surface area contributed by atoms with Gasteiger partial charge in [0.25, 0.3) is 0 Å². The second-order valence-electron chi connectivity index (χ2n) is 6.33. The van der Waals surface area contributed by atoms with Crippen LogP contribution in [-0.2, 0) is 6.61 Å². The summed E-state index contributed by atoms with van der Waals surface area (Å²) >= 11 is 12.4. The molecule has 0 amide bonds. The average Bonchev–Trinajstić information content (AvgIpc) is 2.73. The molecule has 0 atom stereocenters. The van der Waals surface area contributed by atoms with E-state index >= 15 is 0 Å². The van der Waals surface area contributed by atoms with Crippen LogP contribution in [0.1, 0.15) is 23.6 Å². The maximum absolute atomic E-state index is 14.1. The van der Waals surface area contributed by atoms with E-state index in [2.05, 4.69) is 0 Å². The summed E-state index contributed by atoms with van der Waals surface area (Å²) in [6.07, 6.45) is 1.57. The zero-order chi connectivity index (χ0) is 21.5. The Hall–Kier alpha value is -3.00. The van der Waals surface area contributed by atoms with Crippen LogP contribution in [0.3, 0.4) is 0 Å². The molecule has 0 heterocycles. The van der Waals surface area contributed by atoms with E-state index in [0.717, 1.165) is 5.56 Å². The molecule has 0 N–H and O–H groups in total. The highest BCUT2D eigenvalue weighted by Gasteiger charge is 2.14. The van der Waals surface area contributed by atoms with Crippen LogP contribution in [0.25, 0.3) is 11.6 Å². The molecular weight excluding hydrogens is 424 g/mol. The number of nitriles is 1. The Balaban J connectivity index is 1.93. The SMILES string of the molecule is CCOc1cc(C=C(C#N)c2ccccc2F)cc(Cl)c1OCc1ccc(Cl)cc1. The summed E-state index contributed by atoms with van der Waals surface area (Å²) < 4.78 is 25.7. The van der Waals surface area contributed by atoms with Gasteiger partial charge in [0.05, 0.1) is 23.3 Å². The van der Waals surface area contributed by atoms with E-state index in [0.29, 0.717) is 33.7 Å². The third kappa shape index (κ3) is 5.33. The van der Waals surface area contributed by atoms with Crippen molar-refractivity contribution in [1.29, 1.82) is 5.26 Å². The molecule has 0 spiro atoms. The Bertz CT molecular complexity index is 1110. The van der Waals surface area contributed by atoms with Crippen LogP contribution in [0.2, 0.25) is 10.0 Å². The van der Waals surface area contributed by atoms with Gasteiger partial charge >= 0.3 is 0 Å². The second-order valence-corrected chi connectivity index (χ2v) is 7.17. The predicted octanol–water partition coefficient (Wildman–Crippen LogP) is 7.17. The molecule has 0 aliphatic rings. The first-order valence-electron chi connectivity index (χ1n) is 9.22. The summed E-state index contributed by atoms with van der Waals surface area (Å²) in [6.45, 7) is 2.53. The maximum Gasteiger partial charge on any atom is 0.180 e. The Kier molecular flexibility index (Phi) is 7.35. The molecule has 0 saturated carbocycles. The van der Waals surface area contributed by atoms with Crippen molar-refractivity contribution >= 4 is 34.9 Å².